The number of halogens is 1. The molecule has 2 rings (SSSR count). The minimum absolute atomic E-state index is 0.116. The summed E-state index contributed by atoms with van der Waals surface area (Å²) in [6.07, 6.45) is 0. The van der Waals surface area contributed by atoms with Crippen molar-refractivity contribution in [1.29, 1.82) is 0 Å². The Balaban J connectivity index is 2.10. The highest BCUT2D eigenvalue weighted by Gasteiger charge is 2.22. The number of methoxy groups -OCH3 is 1. The summed E-state index contributed by atoms with van der Waals surface area (Å²) in [6.45, 7) is 4.78. The van der Waals surface area contributed by atoms with Crippen molar-refractivity contribution in [2.24, 2.45) is 0 Å². The highest BCUT2D eigenvalue weighted by molar-refractivity contribution is 9.10. The summed E-state index contributed by atoms with van der Waals surface area (Å²) < 4.78 is 5.93. The zero-order chi connectivity index (χ0) is 16.2. The molecule has 0 saturated heterocycles. The SMILES string of the molecule is COc1ccc(Br)c(C(=O)NCC(C)(C)c2ccccc2)c1. The Morgan fingerprint density at radius 3 is 2.50 bits per heavy atom. The Bertz CT molecular complexity index is 653. The molecular formula is C18H20BrNO2. The summed E-state index contributed by atoms with van der Waals surface area (Å²) in [5.74, 6) is 0.547. The standard InChI is InChI=1S/C18H20BrNO2/c1-18(2,13-7-5-4-6-8-13)12-20-17(21)15-11-14(22-3)9-10-16(15)19/h4-11H,12H2,1-3H3,(H,20,21). The van der Waals surface area contributed by atoms with Crippen LogP contribution in [0.25, 0.3) is 0 Å². The monoisotopic (exact) mass is 361 g/mol. The van der Waals surface area contributed by atoms with Gasteiger partial charge in [-0.15, -0.1) is 0 Å². The first-order chi connectivity index (χ1) is 10.4. The predicted molar refractivity (Wildman–Crippen MR) is 92.5 cm³/mol. The van der Waals surface area contributed by atoms with Gasteiger partial charge in [-0.2, -0.15) is 0 Å². The van der Waals surface area contributed by atoms with Crippen molar-refractivity contribution < 1.29 is 9.53 Å². The lowest BCUT2D eigenvalue weighted by atomic mass is 9.84. The van der Waals surface area contributed by atoms with E-state index in [1.165, 1.54) is 5.56 Å². The third kappa shape index (κ3) is 3.89. The Kier molecular flexibility index (Phi) is 5.24. The number of amides is 1. The van der Waals surface area contributed by atoms with Crippen molar-refractivity contribution in [2.75, 3.05) is 13.7 Å². The van der Waals surface area contributed by atoms with Crippen molar-refractivity contribution in [1.82, 2.24) is 5.32 Å². The molecule has 1 amide bonds. The Morgan fingerprint density at radius 2 is 1.86 bits per heavy atom. The highest BCUT2D eigenvalue weighted by atomic mass is 79.9. The molecule has 0 aliphatic rings. The molecule has 0 aliphatic carbocycles. The van der Waals surface area contributed by atoms with Gasteiger partial charge >= 0.3 is 0 Å². The lowest BCUT2D eigenvalue weighted by molar-refractivity contribution is 0.0944. The van der Waals surface area contributed by atoms with Crippen LogP contribution in [0.5, 0.6) is 5.75 Å². The summed E-state index contributed by atoms with van der Waals surface area (Å²) in [7, 11) is 1.59. The Morgan fingerprint density at radius 1 is 1.18 bits per heavy atom. The van der Waals surface area contributed by atoms with Crippen molar-refractivity contribution in [2.45, 2.75) is 19.3 Å². The molecule has 0 aliphatic heterocycles. The van der Waals surface area contributed by atoms with E-state index in [0.29, 0.717) is 17.9 Å². The molecule has 0 atom stereocenters. The van der Waals surface area contributed by atoms with Gasteiger partial charge in [0.2, 0.25) is 0 Å². The van der Waals surface area contributed by atoms with Gasteiger partial charge in [0, 0.05) is 16.4 Å². The molecule has 4 heteroatoms. The minimum Gasteiger partial charge on any atom is -0.497 e. The van der Waals surface area contributed by atoms with Crippen LogP contribution in [0.3, 0.4) is 0 Å². The van der Waals surface area contributed by atoms with Gasteiger partial charge in [-0.05, 0) is 39.7 Å². The van der Waals surface area contributed by atoms with Crippen LogP contribution in [-0.4, -0.2) is 19.6 Å². The molecule has 22 heavy (non-hydrogen) atoms. The van der Waals surface area contributed by atoms with Crippen LogP contribution in [0, 0.1) is 0 Å². The first-order valence-electron chi connectivity index (χ1n) is 7.11. The summed E-state index contributed by atoms with van der Waals surface area (Å²) >= 11 is 3.41. The number of benzene rings is 2. The van der Waals surface area contributed by atoms with Crippen LogP contribution in [-0.2, 0) is 5.41 Å². The van der Waals surface area contributed by atoms with Crippen LogP contribution in [0.2, 0.25) is 0 Å². The molecule has 0 spiro atoms. The fourth-order valence-corrected chi connectivity index (χ4v) is 2.62. The van der Waals surface area contributed by atoms with E-state index in [0.717, 1.165) is 4.47 Å². The Hall–Kier alpha value is -1.81. The maximum absolute atomic E-state index is 12.4. The average Bonchev–Trinajstić information content (AvgIpc) is 2.54. The number of carbonyl (C=O) groups excluding carboxylic acids is 1. The van der Waals surface area contributed by atoms with Crippen molar-refractivity contribution in [3.63, 3.8) is 0 Å². The number of rotatable bonds is 5. The van der Waals surface area contributed by atoms with E-state index in [4.69, 9.17) is 4.74 Å². The quantitative estimate of drug-likeness (QED) is 0.867. The van der Waals surface area contributed by atoms with Crippen LogP contribution in [0.15, 0.2) is 53.0 Å². The van der Waals surface area contributed by atoms with Crippen LogP contribution in [0.4, 0.5) is 0 Å². The molecule has 3 nitrogen and oxygen atoms in total. The smallest absolute Gasteiger partial charge is 0.252 e. The number of hydrogen-bond acceptors (Lipinski definition) is 2. The number of ether oxygens (including phenoxy) is 1. The number of carbonyl (C=O) groups is 1. The van der Waals surface area contributed by atoms with Gasteiger partial charge < -0.3 is 10.1 Å². The molecule has 0 saturated carbocycles. The molecule has 0 unspecified atom stereocenters. The molecule has 116 valence electrons. The fraction of sp³-hybridized carbons (Fsp3) is 0.278. The minimum atomic E-state index is -0.137. The number of hydrogen-bond donors (Lipinski definition) is 1. The van der Waals surface area contributed by atoms with E-state index >= 15 is 0 Å². The largest absolute Gasteiger partial charge is 0.497 e. The number of nitrogens with one attached hydrogen (secondary N) is 1. The van der Waals surface area contributed by atoms with Crippen molar-refractivity contribution in [3.05, 3.63) is 64.1 Å². The molecule has 0 bridgehead atoms. The molecule has 0 heterocycles. The van der Waals surface area contributed by atoms with Gasteiger partial charge in [0.25, 0.3) is 5.91 Å². The summed E-state index contributed by atoms with van der Waals surface area (Å²) in [5, 5.41) is 3.01. The summed E-state index contributed by atoms with van der Waals surface area (Å²) in [5.41, 5.74) is 1.63. The topological polar surface area (TPSA) is 38.3 Å². The van der Waals surface area contributed by atoms with E-state index in [2.05, 4.69) is 47.2 Å². The molecule has 2 aromatic carbocycles. The van der Waals surface area contributed by atoms with Gasteiger partial charge in [-0.25, -0.2) is 0 Å². The van der Waals surface area contributed by atoms with Gasteiger partial charge in [0.1, 0.15) is 5.75 Å². The third-order valence-electron chi connectivity index (χ3n) is 3.66. The van der Waals surface area contributed by atoms with E-state index in [1.54, 1.807) is 13.2 Å². The maximum atomic E-state index is 12.4. The molecule has 0 fully saturated rings. The predicted octanol–water partition coefficient (Wildman–Crippen LogP) is 4.17. The second kappa shape index (κ2) is 6.97. The van der Waals surface area contributed by atoms with Crippen molar-refractivity contribution in [3.8, 4) is 5.75 Å². The zero-order valence-electron chi connectivity index (χ0n) is 13.0. The second-order valence-corrected chi connectivity index (χ2v) is 6.63. The Labute approximate surface area is 139 Å². The summed E-state index contributed by atoms with van der Waals surface area (Å²) in [4.78, 5) is 12.4. The van der Waals surface area contributed by atoms with E-state index < -0.39 is 0 Å². The highest BCUT2D eigenvalue weighted by Crippen LogP contribution is 2.24. The van der Waals surface area contributed by atoms with Crippen LogP contribution in [0.1, 0.15) is 29.8 Å². The molecule has 2 aromatic rings. The van der Waals surface area contributed by atoms with Gasteiger partial charge in [0.15, 0.2) is 0 Å². The first-order valence-corrected chi connectivity index (χ1v) is 7.90. The van der Waals surface area contributed by atoms with Gasteiger partial charge in [-0.1, -0.05) is 44.2 Å². The van der Waals surface area contributed by atoms with Crippen molar-refractivity contribution >= 4 is 21.8 Å². The first kappa shape index (κ1) is 16.6. The van der Waals surface area contributed by atoms with Gasteiger partial charge in [0.05, 0.1) is 12.7 Å². The lowest BCUT2D eigenvalue weighted by Crippen LogP contribution is -2.36. The normalized spacial score (nSPS) is 11.1. The fourth-order valence-electron chi connectivity index (χ4n) is 2.19. The maximum Gasteiger partial charge on any atom is 0.252 e. The molecule has 0 aromatic heterocycles. The van der Waals surface area contributed by atoms with E-state index in [-0.39, 0.29) is 11.3 Å². The second-order valence-electron chi connectivity index (χ2n) is 5.78. The lowest BCUT2D eigenvalue weighted by Gasteiger charge is -2.25. The summed E-state index contributed by atoms with van der Waals surface area (Å²) in [6, 6.07) is 15.5. The average molecular weight is 362 g/mol. The van der Waals surface area contributed by atoms with E-state index in [9.17, 15) is 4.79 Å². The third-order valence-corrected chi connectivity index (χ3v) is 4.36. The molecule has 1 N–H and O–H groups in total. The van der Waals surface area contributed by atoms with Crippen LogP contribution >= 0.6 is 15.9 Å². The van der Waals surface area contributed by atoms with Gasteiger partial charge in [-0.3, -0.25) is 4.79 Å². The zero-order valence-corrected chi connectivity index (χ0v) is 14.6. The van der Waals surface area contributed by atoms with Crippen LogP contribution < -0.4 is 10.1 Å². The molecule has 0 radical (unpaired) electrons. The van der Waals surface area contributed by atoms with E-state index in [1.807, 2.05) is 30.3 Å². The molecular weight excluding hydrogens is 342 g/mol.